The first-order chi connectivity index (χ1) is 8.06. The first-order valence-corrected chi connectivity index (χ1v) is 6.18. The molecular formula is C12H23N5. The molecule has 0 aliphatic carbocycles. The van der Waals surface area contributed by atoms with Crippen LogP contribution in [0, 0.1) is 0 Å². The van der Waals surface area contributed by atoms with Gasteiger partial charge in [-0.3, -0.25) is 9.58 Å². The molecule has 96 valence electrons. The lowest BCUT2D eigenvalue weighted by atomic mass is 9.99. The standard InChI is InChI=1S/C12H23N5/c1-15-4-5-16(2)12(9-15)11(13)6-10-7-14-17(3)8-10/h7-8,11-12H,4-6,9,13H2,1-3H3. The number of hydrogen-bond donors (Lipinski definition) is 1. The van der Waals surface area contributed by atoms with Gasteiger partial charge in [0.05, 0.1) is 6.20 Å². The summed E-state index contributed by atoms with van der Waals surface area (Å²) in [7, 11) is 6.27. The lowest BCUT2D eigenvalue weighted by Gasteiger charge is -2.40. The Kier molecular flexibility index (Phi) is 3.81. The number of aromatic nitrogens is 2. The maximum atomic E-state index is 6.34. The maximum Gasteiger partial charge on any atom is 0.0522 e. The average molecular weight is 237 g/mol. The molecule has 17 heavy (non-hydrogen) atoms. The van der Waals surface area contributed by atoms with Crippen LogP contribution in [0.3, 0.4) is 0 Å². The van der Waals surface area contributed by atoms with Crippen molar-refractivity contribution < 1.29 is 0 Å². The van der Waals surface area contributed by atoms with Crippen molar-refractivity contribution in [2.24, 2.45) is 12.8 Å². The number of nitrogens with two attached hydrogens (primary N) is 1. The number of likely N-dealkylation sites (N-methyl/N-ethyl adjacent to an activating group) is 2. The number of nitrogens with zero attached hydrogens (tertiary/aromatic N) is 4. The first kappa shape index (κ1) is 12.5. The second-order valence-electron chi connectivity index (χ2n) is 5.20. The van der Waals surface area contributed by atoms with Crippen LogP contribution >= 0.6 is 0 Å². The molecule has 0 radical (unpaired) electrons. The monoisotopic (exact) mass is 237 g/mol. The van der Waals surface area contributed by atoms with Crippen molar-refractivity contribution in [1.29, 1.82) is 0 Å². The third-order valence-corrected chi connectivity index (χ3v) is 3.62. The molecule has 1 aromatic rings. The minimum Gasteiger partial charge on any atom is -0.326 e. The van der Waals surface area contributed by atoms with E-state index in [9.17, 15) is 0 Å². The van der Waals surface area contributed by atoms with E-state index >= 15 is 0 Å². The minimum atomic E-state index is 0.173. The molecule has 2 atom stereocenters. The molecule has 1 aliphatic rings. The van der Waals surface area contributed by atoms with Gasteiger partial charge >= 0.3 is 0 Å². The third-order valence-electron chi connectivity index (χ3n) is 3.62. The Bertz CT molecular complexity index is 362. The lowest BCUT2D eigenvalue weighted by molar-refractivity contribution is 0.0973. The molecule has 1 fully saturated rings. The lowest BCUT2D eigenvalue weighted by Crippen LogP contribution is -2.58. The summed E-state index contributed by atoms with van der Waals surface area (Å²) in [6.07, 6.45) is 4.86. The molecule has 1 aliphatic heterocycles. The fourth-order valence-electron chi connectivity index (χ4n) is 2.49. The highest BCUT2D eigenvalue weighted by Crippen LogP contribution is 2.12. The summed E-state index contributed by atoms with van der Waals surface area (Å²) >= 11 is 0. The molecule has 1 saturated heterocycles. The SMILES string of the molecule is CN1CCN(C)C(C(N)Cc2cnn(C)c2)C1. The molecule has 2 unspecified atom stereocenters. The van der Waals surface area contributed by atoms with Crippen LogP contribution in [0.2, 0.25) is 0 Å². The molecule has 1 aromatic heterocycles. The van der Waals surface area contributed by atoms with Crippen molar-refractivity contribution in [1.82, 2.24) is 19.6 Å². The molecule has 2 heterocycles. The zero-order chi connectivity index (χ0) is 12.4. The van der Waals surface area contributed by atoms with Crippen LogP contribution < -0.4 is 5.73 Å². The smallest absolute Gasteiger partial charge is 0.0522 e. The predicted octanol–water partition coefficient (Wildman–Crippen LogP) is -0.464. The van der Waals surface area contributed by atoms with Gasteiger partial charge in [-0.2, -0.15) is 5.10 Å². The third kappa shape index (κ3) is 3.06. The van der Waals surface area contributed by atoms with Gasteiger partial charge in [-0.25, -0.2) is 0 Å². The van der Waals surface area contributed by atoms with Crippen molar-refractivity contribution in [2.75, 3.05) is 33.7 Å². The summed E-state index contributed by atoms with van der Waals surface area (Å²) in [4.78, 5) is 4.73. The van der Waals surface area contributed by atoms with Gasteiger partial charge in [0.25, 0.3) is 0 Å². The molecule has 0 amide bonds. The van der Waals surface area contributed by atoms with Crippen molar-refractivity contribution in [3.63, 3.8) is 0 Å². The summed E-state index contributed by atoms with van der Waals surface area (Å²) in [5.41, 5.74) is 7.56. The Morgan fingerprint density at radius 1 is 1.41 bits per heavy atom. The fraction of sp³-hybridized carbons (Fsp3) is 0.750. The van der Waals surface area contributed by atoms with E-state index in [1.54, 1.807) is 0 Å². The zero-order valence-electron chi connectivity index (χ0n) is 11.0. The van der Waals surface area contributed by atoms with E-state index < -0.39 is 0 Å². The molecule has 2 N–H and O–H groups in total. The van der Waals surface area contributed by atoms with Gasteiger partial charge < -0.3 is 10.6 Å². The number of piperazine rings is 1. The zero-order valence-corrected chi connectivity index (χ0v) is 11.0. The van der Waals surface area contributed by atoms with Crippen molar-refractivity contribution in [2.45, 2.75) is 18.5 Å². The van der Waals surface area contributed by atoms with Crippen molar-refractivity contribution in [3.8, 4) is 0 Å². The Labute approximate surface area is 103 Å². The van der Waals surface area contributed by atoms with Gasteiger partial charge in [-0.1, -0.05) is 0 Å². The number of rotatable bonds is 3. The molecule has 5 heteroatoms. The second-order valence-corrected chi connectivity index (χ2v) is 5.20. The Morgan fingerprint density at radius 3 is 2.82 bits per heavy atom. The van der Waals surface area contributed by atoms with Crippen LogP contribution in [0.25, 0.3) is 0 Å². The van der Waals surface area contributed by atoms with Gasteiger partial charge in [-0.15, -0.1) is 0 Å². The maximum absolute atomic E-state index is 6.34. The number of hydrogen-bond acceptors (Lipinski definition) is 4. The molecule has 0 spiro atoms. The quantitative estimate of drug-likeness (QED) is 0.772. The molecule has 2 rings (SSSR count). The predicted molar refractivity (Wildman–Crippen MR) is 68.8 cm³/mol. The molecular weight excluding hydrogens is 214 g/mol. The topological polar surface area (TPSA) is 50.3 Å². The van der Waals surface area contributed by atoms with E-state index in [1.165, 1.54) is 5.56 Å². The Hall–Kier alpha value is -0.910. The minimum absolute atomic E-state index is 0.173. The van der Waals surface area contributed by atoms with Crippen molar-refractivity contribution in [3.05, 3.63) is 18.0 Å². The Morgan fingerprint density at radius 2 is 2.18 bits per heavy atom. The first-order valence-electron chi connectivity index (χ1n) is 6.18. The number of aryl methyl sites for hydroxylation is 1. The van der Waals surface area contributed by atoms with Crippen LogP contribution in [0.5, 0.6) is 0 Å². The summed E-state index contributed by atoms with van der Waals surface area (Å²) < 4.78 is 1.83. The summed E-state index contributed by atoms with van der Waals surface area (Å²) in [5.74, 6) is 0. The van der Waals surface area contributed by atoms with E-state index in [0.717, 1.165) is 26.1 Å². The summed E-state index contributed by atoms with van der Waals surface area (Å²) in [6, 6.07) is 0.612. The van der Waals surface area contributed by atoms with E-state index in [0.29, 0.717) is 6.04 Å². The molecule has 0 aromatic carbocycles. The van der Waals surface area contributed by atoms with Crippen LogP contribution in [-0.4, -0.2) is 65.4 Å². The highest BCUT2D eigenvalue weighted by atomic mass is 15.3. The van der Waals surface area contributed by atoms with Gasteiger partial charge in [-0.05, 0) is 26.1 Å². The van der Waals surface area contributed by atoms with Gasteiger partial charge in [0, 0.05) is 45.0 Å². The normalized spacial score (nSPS) is 25.1. The van der Waals surface area contributed by atoms with Gasteiger partial charge in [0.15, 0.2) is 0 Å². The van der Waals surface area contributed by atoms with Crippen LogP contribution in [0.15, 0.2) is 12.4 Å². The summed E-state index contributed by atoms with van der Waals surface area (Å²) in [6.45, 7) is 3.28. The van der Waals surface area contributed by atoms with E-state index in [4.69, 9.17) is 5.73 Å². The molecule has 5 nitrogen and oxygen atoms in total. The Balaban J connectivity index is 1.96. The highest BCUT2D eigenvalue weighted by Gasteiger charge is 2.27. The summed E-state index contributed by atoms with van der Waals surface area (Å²) in [5, 5.41) is 4.19. The van der Waals surface area contributed by atoms with E-state index in [2.05, 4.69) is 29.0 Å². The van der Waals surface area contributed by atoms with Crippen molar-refractivity contribution >= 4 is 0 Å². The van der Waals surface area contributed by atoms with Crippen LogP contribution in [0.4, 0.5) is 0 Å². The van der Waals surface area contributed by atoms with E-state index in [1.807, 2.05) is 24.1 Å². The van der Waals surface area contributed by atoms with E-state index in [-0.39, 0.29) is 6.04 Å². The second kappa shape index (κ2) is 5.16. The highest BCUT2D eigenvalue weighted by molar-refractivity contribution is 5.07. The molecule has 0 bridgehead atoms. The molecule has 0 saturated carbocycles. The fourth-order valence-corrected chi connectivity index (χ4v) is 2.49. The average Bonchev–Trinajstić information content (AvgIpc) is 2.67. The largest absolute Gasteiger partial charge is 0.326 e. The van der Waals surface area contributed by atoms with Gasteiger partial charge in [0.2, 0.25) is 0 Å². The van der Waals surface area contributed by atoms with Crippen LogP contribution in [0.1, 0.15) is 5.56 Å². The van der Waals surface area contributed by atoms with Crippen LogP contribution in [-0.2, 0) is 13.5 Å². The van der Waals surface area contributed by atoms with Gasteiger partial charge in [0.1, 0.15) is 0 Å².